The summed E-state index contributed by atoms with van der Waals surface area (Å²) in [7, 11) is 0. The van der Waals surface area contributed by atoms with Gasteiger partial charge in [0.25, 0.3) is 0 Å². The molecule has 4 heteroatoms. The number of hydrogen-bond acceptors (Lipinski definition) is 3. The highest BCUT2D eigenvalue weighted by molar-refractivity contribution is 9.10. The van der Waals surface area contributed by atoms with Gasteiger partial charge in [0.1, 0.15) is 0 Å². The van der Waals surface area contributed by atoms with Crippen molar-refractivity contribution in [3.8, 4) is 0 Å². The van der Waals surface area contributed by atoms with Crippen molar-refractivity contribution in [3.05, 3.63) is 22.6 Å². The van der Waals surface area contributed by atoms with Crippen molar-refractivity contribution in [3.63, 3.8) is 0 Å². The number of halogens is 1. The summed E-state index contributed by atoms with van der Waals surface area (Å²) in [6.45, 7) is 0. The Morgan fingerprint density at radius 2 is 2.36 bits per heavy atom. The number of Topliss-reactive ketones (excluding diaryl/α,β-unsaturated/α-hetero) is 1. The van der Waals surface area contributed by atoms with E-state index in [-0.39, 0.29) is 17.7 Å². The Labute approximate surface area is 90.8 Å². The van der Waals surface area contributed by atoms with E-state index in [1.54, 1.807) is 6.07 Å². The second-order valence-corrected chi connectivity index (χ2v) is 4.52. The van der Waals surface area contributed by atoms with Crippen LogP contribution in [0.15, 0.2) is 21.2 Å². The van der Waals surface area contributed by atoms with Crippen molar-refractivity contribution in [2.24, 2.45) is 11.7 Å². The monoisotopic (exact) mass is 257 g/mol. The Kier molecular flexibility index (Phi) is 2.74. The summed E-state index contributed by atoms with van der Waals surface area (Å²) >= 11 is 3.28. The molecule has 0 bridgehead atoms. The minimum absolute atomic E-state index is 0.000463. The first-order valence-corrected chi connectivity index (χ1v) is 5.52. The maximum atomic E-state index is 11.9. The zero-order chi connectivity index (χ0) is 10.1. The largest absolute Gasteiger partial charge is 0.460 e. The molecule has 1 saturated carbocycles. The predicted molar refractivity (Wildman–Crippen MR) is 56.1 cm³/mol. The van der Waals surface area contributed by atoms with E-state index in [4.69, 9.17) is 10.2 Å². The molecule has 1 aliphatic carbocycles. The lowest BCUT2D eigenvalue weighted by molar-refractivity contribution is 0.0884. The molecule has 0 amide bonds. The molecule has 0 saturated heterocycles. The van der Waals surface area contributed by atoms with Crippen molar-refractivity contribution in [1.29, 1.82) is 0 Å². The third kappa shape index (κ3) is 1.64. The smallest absolute Gasteiger partial charge is 0.203 e. The molecule has 2 rings (SSSR count). The van der Waals surface area contributed by atoms with E-state index in [2.05, 4.69) is 15.9 Å². The Morgan fingerprint density at radius 3 is 2.86 bits per heavy atom. The summed E-state index contributed by atoms with van der Waals surface area (Å²) in [5, 5.41) is 0. The van der Waals surface area contributed by atoms with Crippen LogP contribution in [0.2, 0.25) is 0 Å². The van der Waals surface area contributed by atoms with Crippen LogP contribution in [0.4, 0.5) is 0 Å². The van der Waals surface area contributed by atoms with Crippen LogP contribution < -0.4 is 5.73 Å². The summed E-state index contributed by atoms with van der Waals surface area (Å²) in [6, 6.07) is 1.73. The minimum Gasteiger partial charge on any atom is -0.460 e. The van der Waals surface area contributed by atoms with Gasteiger partial charge in [-0.25, -0.2) is 0 Å². The second-order valence-electron chi connectivity index (χ2n) is 3.66. The van der Waals surface area contributed by atoms with Gasteiger partial charge in [-0.05, 0) is 34.8 Å². The number of hydrogen-bond donors (Lipinski definition) is 1. The quantitative estimate of drug-likeness (QED) is 0.828. The van der Waals surface area contributed by atoms with Gasteiger partial charge in [0.2, 0.25) is 5.78 Å². The first-order chi connectivity index (χ1) is 6.70. The van der Waals surface area contributed by atoms with Crippen LogP contribution in [0, 0.1) is 5.92 Å². The molecule has 76 valence electrons. The van der Waals surface area contributed by atoms with E-state index in [0.29, 0.717) is 5.76 Å². The Hall–Kier alpha value is -0.610. The van der Waals surface area contributed by atoms with Crippen molar-refractivity contribution >= 4 is 21.7 Å². The van der Waals surface area contributed by atoms with Gasteiger partial charge in [-0.3, -0.25) is 4.79 Å². The fourth-order valence-corrected chi connectivity index (χ4v) is 2.35. The predicted octanol–water partition coefficient (Wildman–Crippen LogP) is 2.35. The van der Waals surface area contributed by atoms with Crippen molar-refractivity contribution in [2.45, 2.75) is 25.3 Å². The lowest BCUT2D eigenvalue weighted by Gasteiger charge is -2.12. The van der Waals surface area contributed by atoms with Crippen molar-refractivity contribution in [1.82, 2.24) is 0 Å². The molecule has 2 unspecified atom stereocenters. The van der Waals surface area contributed by atoms with Gasteiger partial charge in [-0.15, -0.1) is 0 Å². The molecule has 1 aromatic heterocycles. The van der Waals surface area contributed by atoms with Gasteiger partial charge < -0.3 is 10.2 Å². The van der Waals surface area contributed by atoms with Crippen LogP contribution in [0.1, 0.15) is 29.8 Å². The molecule has 14 heavy (non-hydrogen) atoms. The van der Waals surface area contributed by atoms with Crippen LogP contribution >= 0.6 is 15.9 Å². The van der Waals surface area contributed by atoms with E-state index in [1.807, 2.05) is 0 Å². The van der Waals surface area contributed by atoms with E-state index in [9.17, 15) is 4.79 Å². The summed E-state index contributed by atoms with van der Waals surface area (Å²) in [5.41, 5.74) is 5.86. The van der Waals surface area contributed by atoms with Gasteiger partial charge in [0.15, 0.2) is 5.76 Å². The van der Waals surface area contributed by atoms with E-state index >= 15 is 0 Å². The summed E-state index contributed by atoms with van der Waals surface area (Å²) < 4.78 is 5.86. The number of carbonyl (C=O) groups excluding carboxylic acids is 1. The SMILES string of the molecule is NC1CCCC1C(=O)c1occc1Br. The maximum Gasteiger partial charge on any atom is 0.203 e. The molecule has 1 fully saturated rings. The molecule has 1 heterocycles. The lowest BCUT2D eigenvalue weighted by atomic mass is 9.97. The maximum absolute atomic E-state index is 11.9. The highest BCUT2D eigenvalue weighted by Crippen LogP contribution is 2.30. The highest BCUT2D eigenvalue weighted by atomic mass is 79.9. The summed E-state index contributed by atoms with van der Waals surface area (Å²) in [6.07, 6.45) is 4.37. The Morgan fingerprint density at radius 1 is 1.57 bits per heavy atom. The number of furan rings is 1. The third-order valence-electron chi connectivity index (χ3n) is 2.75. The van der Waals surface area contributed by atoms with Crippen molar-refractivity contribution < 1.29 is 9.21 Å². The van der Waals surface area contributed by atoms with Crippen molar-refractivity contribution in [2.75, 3.05) is 0 Å². The molecule has 3 nitrogen and oxygen atoms in total. The highest BCUT2D eigenvalue weighted by Gasteiger charge is 2.33. The van der Waals surface area contributed by atoms with Gasteiger partial charge in [-0.2, -0.15) is 0 Å². The zero-order valence-electron chi connectivity index (χ0n) is 7.70. The van der Waals surface area contributed by atoms with E-state index < -0.39 is 0 Å². The Bertz CT molecular complexity index is 348. The van der Waals surface area contributed by atoms with E-state index in [0.717, 1.165) is 23.7 Å². The number of ketones is 1. The van der Waals surface area contributed by atoms with Crippen LogP contribution in [0.5, 0.6) is 0 Å². The topological polar surface area (TPSA) is 56.2 Å². The standard InChI is InChI=1S/C10H12BrNO2/c11-7-4-5-14-10(7)9(13)6-2-1-3-8(6)12/h4-6,8H,1-3,12H2. The number of carbonyl (C=O) groups is 1. The van der Waals surface area contributed by atoms with Crippen LogP contribution in [0.25, 0.3) is 0 Å². The lowest BCUT2D eigenvalue weighted by Crippen LogP contribution is -2.30. The molecular formula is C10H12BrNO2. The zero-order valence-corrected chi connectivity index (χ0v) is 9.29. The van der Waals surface area contributed by atoms with Gasteiger partial charge >= 0.3 is 0 Å². The van der Waals surface area contributed by atoms with E-state index in [1.165, 1.54) is 6.26 Å². The fraction of sp³-hybridized carbons (Fsp3) is 0.500. The normalized spacial score (nSPS) is 26.7. The van der Waals surface area contributed by atoms with Gasteiger partial charge in [0.05, 0.1) is 10.7 Å². The molecule has 0 radical (unpaired) electrons. The van der Waals surface area contributed by atoms with Crippen LogP contribution in [0.3, 0.4) is 0 Å². The average Bonchev–Trinajstić information content (AvgIpc) is 2.73. The van der Waals surface area contributed by atoms with Gasteiger partial charge in [-0.1, -0.05) is 6.42 Å². The minimum atomic E-state index is -0.0579. The molecule has 1 aliphatic rings. The molecular weight excluding hydrogens is 246 g/mol. The van der Waals surface area contributed by atoms with Crippen LogP contribution in [-0.2, 0) is 0 Å². The number of rotatable bonds is 2. The third-order valence-corrected chi connectivity index (χ3v) is 3.37. The average molecular weight is 258 g/mol. The molecule has 0 aliphatic heterocycles. The molecule has 2 N–H and O–H groups in total. The van der Waals surface area contributed by atoms with Gasteiger partial charge in [0, 0.05) is 12.0 Å². The van der Waals surface area contributed by atoms with Crippen LogP contribution in [-0.4, -0.2) is 11.8 Å². The summed E-state index contributed by atoms with van der Waals surface area (Å²) in [4.78, 5) is 11.9. The fourth-order valence-electron chi connectivity index (χ4n) is 1.95. The Balaban J connectivity index is 2.20. The molecule has 2 atom stereocenters. The first kappa shape index (κ1) is 9.93. The molecule has 1 aromatic rings. The summed E-state index contributed by atoms with van der Waals surface area (Å²) in [5.74, 6) is 0.386. The molecule has 0 aromatic carbocycles. The molecule has 0 spiro atoms. The first-order valence-electron chi connectivity index (χ1n) is 4.73. The second kappa shape index (κ2) is 3.87. The number of nitrogens with two attached hydrogens (primary N) is 1.